The highest BCUT2D eigenvalue weighted by Gasteiger charge is 2.04. The maximum absolute atomic E-state index is 12.8. The summed E-state index contributed by atoms with van der Waals surface area (Å²) < 4.78 is 18.0. The number of nitrogens with zero attached hydrogens (tertiary/aromatic N) is 1. The average molecular weight is 330 g/mol. The first kappa shape index (κ1) is 17.9. The van der Waals surface area contributed by atoms with Crippen molar-refractivity contribution in [2.75, 3.05) is 26.7 Å². The molecule has 5 heteroatoms. The fourth-order valence-corrected chi connectivity index (χ4v) is 2.28. The van der Waals surface area contributed by atoms with E-state index in [2.05, 4.69) is 29.4 Å². The molecule has 2 aromatic rings. The average Bonchev–Trinajstić information content (AvgIpc) is 2.59. The molecule has 0 fully saturated rings. The number of hydrogen-bond donors (Lipinski definition) is 1. The molecule has 0 spiro atoms. The third-order valence-corrected chi connectivity index (χ3v) is 3.52. The van der Waals surface area contributed by atoms with Crippen molar-refractivity contribution in [1.29, 1.82) is 0 Å². The number of hydrogen-bond acceptors (Lipinski definition) is 3. The molecule has 0 bridgehead atoms. The summed E-state index contributed by atoms with van der Waals surface area (Å²) in [4.78, 5) is 13.9. The number of halogens is 1. The summed E-state index contributed by atoms with van der Waals surface area (Å²) in [7, 11) is 2.06. The van der Waals surface area contributed by atoms with E-state index in [1.54, 1.807) is 0 Å². The second kappa shape index (κ2) is 9.67. The lowest BCUT2D eigenvalue weighted by molar-refractivity contribution is -0.123. The lowest BCUT2D eigenvalue weighted by Crippen LogP contribution is -2.31. The fourth-order valence-electron chi connectivity index (χ4n) is 2.28. The second-order valence-corrected chi connectivity index (χ2v) is 5.67. The van der Waals surface area contributed by atoms with Crippen molar-refractivity contribution in [2.45, 2.75) is 13.0 Å². The molecular formula is C19H23FN2O2. The standard InChI is InChI=1S/C19H23FN2O2/c1-22(14-16-6-3-2-4-7-16)13-5-12-21-19(23)15-24-18-10-8-17(20)9-11-18/h2-4,6-11H,5,12-15H2,1H3,(H,21,23). The molecule has 0 aliphatic heterocycles. The van der Waals surface area contributed by atoms with Crippen LogP contribution in [0.15, 0.2) is 54.6 Å². The van der Waals surface area contributed by atoms with Crippen LogP contribution < -0.4 is 10.1 Å². The zero-order valence-electron chi connectivity index (χ0n) is 13.9. The highest BCUT2D eigenvalue weighted by atomic mass is 19.1. The molecule has 24 heavy (non-hydrogen) atoms. The maximum atomic E-state index is 12.8. The zero-order valence-corrected chi connectivity index (χ0v) is 13.9. The smallest absolute Gasteiger partial charge is 0.257 e. The van der Waals surface area contributed by atoms with Crippen LogP contribution in [0, 0.1) is 5.82 Å². The second-order valence-electron chi connectivity index (χ2n) is 5.67. The van der Waals surface area contributed by atoms with Gasteiger partial charge in [-0.15, -0.1) is 0 Å². The van der Waals surface area contributed by atoms with E-state index in [4.69, 9.17) is 4.74 Å². The minimum atomic E-state index is -0.327. The summed E-state index contributed by atoms with van der Waals surface area (Å²) in [6, 6.07) is 15.9. The Morgan fingerprint density at radius 1 is 1.12 bits per heavy atom. The van der Waals surface area contributed by atoms with Gasteiger partial charge in [-0.1, -0.05) is 30.3 Å². The summed E-state index contributed by atoms with van der Waals surface area (Å²) in [6.45, 7) is 2.33. The number of nitrogens with one attached hydrogen (secondary N) is 1. The van der Waals surface area contributed by atoms with E-state index in [9.17, 15) is 9.18 Å². The Hall–Kier alpha value is -2.40. The molecule has 4 nitrogen and oxygen atoms in total. The van der Waals surface area contributed by atoms with Crippen molar-refractivity contribution < 1.29 is 13.9 Å². The van der Waals surface area contributed by atoms with Crippen molar-refractivity contribution in [3.8, 4) is 5.75 Å². The first-order chi connectivity index (χ1) is 11.6. The van der Waals surface area contributed by atoms with Gasteiger partial charge in [0.2, 0.25) is 0 Å². The van der Waals surface area contributed by atoms with Gasteiger partial charge in [0, 0.05) is 13.1 Å². The van der Waals surface area contributed by atoms with Crippen LogP contribution in [0.4, 0.5) is 4.39 Å². The normalized spacial score (nSPS) is 10.6. The molecule has 2 rings (SSSR count). The van der Waals surface area contributed by atoms with Crippen LogP contribution >= 0.6 is 0 Å². The van der Waals surface area contributed by atoms with Crippen molar-refractivity contribution in [3.05, 3.63) is 66.0 Å². The van der Waals surface area contributed by atoms with Crippen molar-refractivity contribution >= 4 is 5.91 Å². The van der Waals surface area contributed by atoms with E-state index < -0.39 is 0 Å². The lowest BCUT2D eigenvalue weighted by atomic mass is 10.2. The topological polar surface area (TPSA) is 41.6 Å². The van der Waals surface area contributed by atoms with Gasteiger partial charge in [-0.2, -0.15) is 0 Å². The molecular weight excluding hydrogens is 307 g/mol. The Morgan fingerprint density at radius 3 is 2.54 bits per heavy atom. The van der Waals surface area contributed by atoms with Crippen molar-refractivity contribution in [3.63, 3.8) is 0 Å². The molecule has 0 aliphatic rings. The molecule has 0 radical (unpaired) electrons. The predicted octanol–water partition coefficient (Wildman–Crippen LogP) is 2.84. The van der Waals surface area contributed by atoms with Gasteiger partial charge in [-0.3, -0.25) is 4.79 Å². The highest BCUT2D eigenvalue weighted by Crippen LogP contribution is 2.10. The van der Waals surface area contributed by atoms with Gasteiger partial charge >= 0.3 is 0 Å². The van der Waals surface area contributed by atoms with Gasteiger partial charge in [-0.25, -0.2) is 4.39 Å². The molecule has 0 saturated heterocycles. The van der Waals surface area contributed by atoms with E-state index in [1.165, 1.54) is 29.8 Å². The van der Waals surface area contributed by atoms with Crippen molar-refractivity contribution in [1.82, 2.24) is 10.2 Å². The van der Waals surface area contributed by atoms with Gasteiger partial charge in [0.05, 0.1) is 0 Å². The SMILES string of the molecule is CN(CCCNC(=O)COc1ccc(F)cc1)Cc1ccccc1. The van der Waals surface area contributed by atoms with Crippen molar-refractivity contribution in [2.24, 2.45) is 0 Å². The van der Waals surface area contributed by atoms with Gasteiger partial charge in [0.1, 0.15) is 11.6 Å². The van der Waals surface area contributed by atoms with E-state index in [-0.39, 0.29) is 18.3 Å². The largest absolute Gasteiger partial charge is 0.484 e. The predicted molar refractivity (Wildman–Crippen MR) is 92.3 cm³/mol. The lowest BCUT2D eigenvalue weighted by Gasteiger charge is -2.16. The quantitative estimate of drug-likeness (QED) is 0.719. The van der Waals surface area contributed by atoms with Crippen LogP contribution in [0.2, 0.25) is 0 Å². The number of benzene rings is 2. The maximum Gasteiger partial charge on any atom is 0.257 e. The third-order valence-electron chi connectivity index (χ3n) is 3.52. The molecule has 0 unspecified atom stereocenters. The Morgan fingerprint density at radius 2 is 1.83 bits per heavy atom. The number of ether oxygens (including phenoxy) is 1. The fraction of sp³-hybridized carbons (Fsp3) is 0.316. The van der Waals surface area contributed by atoms with Crippen LogP contribution in [0.5, 0.6) is 5.75 Å². The molecule has 1 amide bonds. The van der Waals surface area contributed by atoms with E-state index in [1.807, 2.05) is 18.2 Å². The summed E-state index contributed by atoms with van der Waals surface area (Å²) in [5, 5.41) is 2.82. The molecule has 0 atom stereocenters. The summed E-state index contributed by atoms with van der Waals surface area (Å²) in [6.07, 6.45) is 0.867. The van der Waals surface area contributed by atoms with Gasteiger partial charge < -0.3 is 15.0 Å². The van der Waals surface area contributed by atoms with E-state index >= 15 is 0 Å². The summed E-state index contributed by atoms with van der Waals surface area (Å²) in [5.74, 6) is -0.0226. The molecule has 128 valence electrons. The number of carbonyl (C=O) groups excluding carboxylic acids is 1. The Balaban J connectivity index is 1.56. The number of rotatable bonds is 9. The molecule has 1 N–H and O–H groups in total. The monoisotopic (exact) mass is 330 g/mol. The highest BCUT2D eigenvalue weighted by molar-refractivity contribution is 5.77. The number of carbonyl (C=O) groups is 1. The van der Waals surface area contributed by atoms with E-state index in [0.717, 1.165) is 19.5 Å². The minimum Gasteiger partial charge on any atom is -0.484 e. The molecule has 0 aromatic heterocycles. The van der Waals surface area contributed by atoms with E-state index in [0.29, 0.717) is 12.3 Å². The van der Waals surface area contributed by atoms with Gasteiger partial charge in [0.25, 0.3) is 5.91 Å². The molecule has 2 aromatic carbocycles. The van der Waals surface area contributed by atoms with Crippen LogP contribution in [0.25, 0.3) is 0 Å². The summed E-state index contributed by atoms with van der Waals surface area (Å²) >= 11 is 0. The number of amides is 1. The Bertz CT molecular complexity index is 617. The van der Waals surface area contributed by atoms with Crippen LogP contribution in [0.3, 0.4) is 0 Å². The first-order valence-electron chi connectivity index (χ1n) is 8.01. The zero-order chi connectivity index (χ0) is 17.2. The third kappa shape index (κ3) is 6.79. The van der Waals surface area contributed by atoms with Gasteiger partial charge in [-0.05, 0) is 49.8 Å². The van der Waals surface area contributed by atoms with Crippen LogP contribution in [0.1, 0.15) is 12.0 Å². The summed E-state index contributed by atoms with van der Waals surface area (Å²) in [5.41, 5.74) is 1.27. The molecule has 0 saturated carbocycles. The minimum absolute atomic E-state index is 0.0640. The Labute approximate surface area is 142 Å². The van der Waals surface area contributed by atoms with Gasteiger partial charge in [0.15, 0.2) is 6.61 Å². The molecule has 0 aliphatic carbocycles. The van der Waals surface area contributed by atoms with Crippen LogP contribution in [-0.4, -0.2) is 37.6 Å². The molecule has 0 heterocycles. The Kier molecular flexibility index (Phi) is 7.23. The van der Waals surface area contributed by atoms with Crippen LogP contribution in [-0.2, 0) is 11.3 Å². The first-order valence-corrected chi connectivity index (χ1v) is 8.01.